The van der Waals surface area contributed by atoms with Gasteiger partial charge in [-0.05, 0) is 33.6 Å². The van der Waals surface area contributed by atoms with Crippen LogP contribution in [0.5, 0.6) is 0 Å². The number of alkyl halides is 1. The lowest BCUT2D eigenvalue weighted by Crippen LogP contribution is -2.52. The third kappa shape index (κ3) is 4.87. The fourth-order valence-electron chi connectivity index (χ4n) is 1.61. The van der Waals surface area contributed by atoms with Crippen LogP contribution in [0.15, 0.2) is 0 Å². The van der Waals surface area contributed by atoms with Crippen LogP contribution in [0.4, 0.5) is 9.18 Å². The molecule has 1 heterocycles. The number of carbonyl (C=O) groups is 1. The van der Waals surface area contributed by atoms with Gasteiger partial charge in [0.2, 0.25) is 0 Å². The Labute approximate surface area is 101 Å². The molecule has 0 radical (unpaired) electrons. The summed E-state index contributed by atoms with van der Waals surface area (Å²) >= 11 is 0. The Balaban J connectivity index is 2.34. The molecule has 1 saturated heterocycles. The minimum Gasteiger partial charge on any atom is -0.443 e. The number of hydrogen-bond donors (Lipinski definition) is 2. The monoisotopic (exact) mass is 248 g/mol. The normalized spacial score (nSPS) is 21.0. The van der Waals surface area contributed by atoms with Crippen molar-refractivity contribution in [3.63, 3.8) is 0 Å². The maximum Gasteiger partial charge on any atom is 0.422 e. The summed E-state index contributed by atoms with van der Waals surface area (Å²) in [5, 5.41) is 10.5. The lowest BCUT2D eigenvalue weighted by Gasteiger charge is -2.35. The van der Waals surface area contributed by atoms with E-state index in [9.17, 15) is 9.18 Å². The molecule has 0 atom stereocenters. The van der Waals surface area contributed by atoms with Crippen molar-refractivity contribution >= 4 is 6.09 Å². The second-order valence-corrected chi connectivity index (χ2v) is 5.41. The summed E-state index contributed by atoms with van der Waals surface area (Å²) in [6.45, 7) is 5.61. The zero-order valence-electron chi connectivity index (χ0n) is 10.6. The number of rotatable bonds is 2. The number of hydrogen-bond acceptors (Lipinski definition) is 4. The number of aliphatic hydroxyl groups excluding tert-OH is 1. The molecule has 100 valence electrons. The minimum absolute atomic E-state index is 0.208. The van der Waals surface area contributed by atoms with Crippen molar-refractivity contribution in [1.82, 2.24) is 10.4 Å². The van der Waals surface area contributed by atoms with Gasteiger partial charge in [0, 0.05) is 13.1 Å². The number of ether oxygens (including phenoxy) is 1. The molecule has 0 aromatic heterocycles. The van der Waals surface area contributed by atoms with Gasteiger partial charge in [0.05, 0.1) is 6.61 Å². The smallest absolute Gasteiger partial charge is 0.422 e. The number of aliphatic hydroxyl groups is 1. The predicted molar refractivity (Wildman–Crippen MR) is 61.1 cm³/mol. The Kier molecular flexibility index (Phi) is 4.32. The molecule has 0 aliphatic carbocycles. The van der Waals surface area contributed by atoms with Crippen LogP contribution in [0.2, 0.25) is 0 Å². The molecule has 17 heavy (non-hydrogen) atoms. The maximum atomic E-state index is 13.7. The van der Waals surface area contributed by atoms with Gasteiger partial charge in [0.25, 0.3) is 0 Å². The molecule has 1 fully saturated rings. The van der Waals surface area contributed by atoms with Crippen molar-refractivity contribution in [3.8, 4) is 0 Å². The third-order valence-electron chi connectivity index (χ3n) is 2.59. The molecule has 1 amide bonds. The highest BCUT2D eigenvalue weighted by atomic mass is 19.1. The first-order chi connectivity index (χ1) is 7.74. The van der Waals surface area contributed by atoms with Gasteiger partial charge in [0.15, 0.2) is 0 Å². The Morgan fingerprint density at radius 1 is 1.47 bits per heavy atom. The fraction of sp³-hybridized carbons (Fsp3) is 0.909. The summed E-state index contributed by atoms with van der Waals surface area (Å²) in [6.07, 6.45) is -0.119. The summed E-state index contributed by atoms with van der Waals surface area (Å²) < 4.78 is 18.7. The first-order valence-electron chi connectivity index (χ1n) is 5.78. The molecule has 5 nitrogen and oxygen atoms in total. The minimum atomic E-state index is -1.51. The van der Waals surface area contributed by atoms with Crippen LogP contribution in [-0.2, 0) is 4.74 Å². The van der Waals surface area contributed by atoms with Crippen molar-refractivity contribution in [2.45, 2.75) is 44.9 Å². The maximum absolute atomic E-state index is 13.7. The van der Waals surface area contributed by atoms with Gasteiger partial charge in [-0.15, -0.1) is 0 Å². The van der Waals surface area contributed by atoms with E-state index in [4.69, 9.17) is 9.84 Å². The molecule has 0 unspecified atom stereocenters. The quantitative estimate of drug-likeness (QED) is 0.771. The standard InChI is InChI=1S/C11H21FN2O3/c1-10(2,3)17-9(16)13-14-6-4-11(12,8-15)5-7-14/h15H,4-8H2,1-3H3,(H,13,16). The molecule has 0 bridgehead atoms. The number of nitrogens with zero attached hydrogens (tertiary/aromatic N) is 1. The van der Waals surface area contributed by atoms with Gasteiger partial charge in [0.1, 0.15) is 11.3 Å². The van der Waals surface area contributed by atoms with Gasteiger partial charge in [-0.1, -0.05) is 0 Å². The largest absolute Gasteiger partial charge is 0.443 e. The van der Waals surface area contributed by atoms with Crippen molar-refractivity contribution in [2.24, 2.45) is 0 Å². The summed E-state index contributed by atoms with van der Waals surface area (Å²) in [6, 6.07) is 0. The van der Waals surface area contributed by atoms with Crippen LogP contribution in [-0.4, -0.2) is 47.2 Å². The zero-order valence-corrected chi connectivity index (χ0v) is 10.6. The van der Waals surface area contributed by atoms with Gasteiger partial charge in [-0.3, -0.25) is 5.43 Å². The highest BCUT2D eigenvalue weighted by Gasteiger charge is 2.34. The van der Waals surface area contributed by atoms with E-state index in [0.717, 1.165) is 0 Å². The summed E-state index contributed by atoms with van der Waals surface area (Å²) in [7, 11) is 0. The summed E-state index contributed by atoms with van der Waals surface area (Å²) in [5.74, 6) is 0. The molecule has 0 aromatic carbocycles. The average Bonchev–Trinajstić information content (AvgIpc) is 2.19. The van der Waals surface area contributed by atoms with E-state index in [2.05, 4.69) is 5.43 Å². The van der Waals surface area contributed by atoms with Crippen molar-refractivity contribution in [1.29, 1.82) is 0 Å². The van der Waals surface area contributed by atoms with Crippen molar-refractivity contribution < 1.29 is 19.0 Å². The molecule has 2 N–H and O–H groups in total. The average molecular weight is 248 g/mol. The molecule has 0 saturated carbocycles. The van der Waals surface area contributed by atoms with Crippen molar-refractivity contribution in [2.75, 3.05) is 19.7 Å². The van der Waals surface area contributed by atoms with Crippen LogP contribution < -0.4 is 5.43 Å². The lowest BCUT2D eigenvalue weighted by molar-refractivity contribution is -0.0153. The molecule has 1 aliphatic rings. The fourth-order valence-corrected chi connectivity index (χ4v) is 1.61. The molecular formula is C11H21FN2O3. The topological polar surface area (TPSA) is 61.8 Å². The molecule has 1 aliphatic heterocycles. The molecule has 1 rings (SSSR count). The first kappa shape index (κ1) is 14.2. The number of carbonyl (C=O) groups excluding carboxylic acids is 1. The van der Waals surface area contributed by atoms with E-state index in [1.165, 1.54) is 0 Å². The van der Waals surface area contributed by atoms with Gasteiger partial charge in [-0.2, -0.15) is 0 Å². The highest BCUT2D eigenvalue weighted by molar-refractivity contribution is 5.67. The Morgan fingerprint density at radius 3 is 2.41 bits per heavy atom. The van der Waals surface area contributed by atoms with Crippen LogP contribution in [0.1, 0.15) is 33.6 Å². The van der Waals surface area contributed by atoms with E-state index in [-0.39, 0.29) is 12.8 Å². The first-order valence-corrected chi connectivity index (χ1v) is 5.78. The van der Waals surface area contributed by atoms with Gasteiger partial charge in [-0.25, -0.2) is 14.2 Å². The van der Waals surface area contributed by atoms with Gasteiger partial charge < -0.3 is 9.84 Å². The third-order valence-corrected chi connectivity index (χ3v) is 2.59. The lowest BCUT2D eigenvalue weighted by atomic mass is 9.95. The number of hydrazine groups is 1. The summed E-state index contributed by atoms with van der Waals surface area (Å²) in [4.78, 5) is 11.4. The van der Waals surface area contributed by atoms with E-state index in [1.54, 1.807) is 25.8 Å². The van der Waals surface area contributed by atoms with E-state index in [1.807, 2.05) is 0 Å². The van der Waals surface area contributed by atoms with Crippen LogP contribution in [0.25, 0.3) is 0 Å². The van der Waals surface area contributed by atoms with Crippen LogP contribution >= 0.6 is 0 Å². The predicted octanol–water partition coefficient (Wildman–Crippen LogP) is 1.22. The second-order valence-electron chi connectivity index (χ2n) is 5.41. The SMILES string of the molecule is CC(C)(C)OC(=O)NN1CCC(F)(CO)CC1. The summed E-state index contributed by atoms with van der Waals surface area (Å²) in [5.41, 5.74) is 0.507. The van der Waals surface area contributed by atoms with E-state index >= 15 is 0 Å². The number of piperidine rings is 1. The zero-order chi connectivity index (χ0) is 13.1. The molecule has 0 aromatic rings. The van der Waals surface area contributed by atoms with Gasteiger partial charge >= 0.3 is 6.09 Å². The number of amides is 1. The van der Waals surface area contributed by atoms with E-state index < -0.39 is 24.0 Å². The Bertz CT molecular complexity index is 270. The highest BCUT2D eigenvalue weighted by Crippen LogP contribution is 2.24. The Morgan fingerprint density at radius 2 is 2.00 bits per heavy atom. The van der Waals surface area contributed by atoms with Crippen LogP contribution in [0, 0.1) is 0 Å². The molecule has 6 heteroatoms. The van der Waals surface area contributed by atoms with E-state index in [0.29, 0.717) is 13.1 Å². The Hall–Kier alpha value is -0.880. The number of nitrogens with one attached hydrogen (secondary N) is 1. The molecule has 0 spiro atoms. The van der Waals surface area contributed by atoms with Crippen LogP contribution in [0.3, 0.4) is 0 Å². The van der Waals surface area contributed by atoms with Crippen molar-refractivity contribution in [3.05, 3.63) is 0 Å². The second kappa shape index (κ2) is 5.18. The molecular weight excluding hydrogens is 227 g/mol. The number of halogens is 1.